The lowest BCUT2D eigenvalue weighted by molar-refractivity contribution is -0.119. The average Bonchev–Trinajstić information content (AvgIpc) is 2.41. The molecule has 0 aliphatic rings. The van der Waals surface area contributed by atoms with E-state index < -0.39 is 0 Å². The second kappa shape index (κ2) is 17.8. The van der Waals surface area contributed by atoms with Gasteiger partial charge in [-0.3, -0.25) is 9.59 Å². The third-order valence-corrected chi connectivity index (χ3v) is 2.86. The van der Waals surface area contributed by atoms with Gasteiger partial charge in [0.15, 0.2) is 0 Å². The molecule has 0 amide bonds. The predicted octanol–water partition coefficient (Wildman–Crippen LogP) is 5.42. The smallest absolute Gasteiger partial charge is 0.140 e. The molecule has 0 saturated carbocycles. The number of allylic oxidation sites excluding steroid dienone is 2. The summed E-state index contributed by atoms with van der Waals surface area (Å²) in [6.07, 6.45) is 12.8. The number of Topliss-reactive ketones (excluding diaryl/α,β-unsaturated/α-hetero) is 2. The molecule has 0 unspecified atom stereocenters. The van der Waals surface area contributed by atoms with Crippen molar-refractivity contribution in [1.82, 2.24) is 0 Å². The maximum Gasteiger partial charge on any atom is 0.140 e. The molecule has 0 N–H and O–H groups in total. The SMILES string of the molecule is C=CCC(=O)CC=C.CCCCCC(=O)CCCCC. The molecule has 2 nitrogen and oxygen atoms in total. The average molecular weight is 280 g/mol. The van der Waals surface area contributed by atoms with Gasteiger partial charge in [0, 0.05) is 25.7 Å². The van der Waals surface area contributed by atoms with Crippen LogP contribution in [0.2, 0.25) is 0 Å². The van der Waals surface area contributed by atoms with Crippen LogP contribution in [0.1, 0.15) is 78.1 Å². The summed E-state index contributed by atoms with van der Waals surface area (Å²) in [4.78, 5) is 21.7. The second-order valence-electron chi connectivity index (χ2n) is 4.98. The Morgan fingerprint density at radius 1 is 0.750 bits per heavy atom. The van der Waals surface area contributed by atoms with Crippen molar-refractivity contribution in [2.75, 3.05) is 0 Å². The summed E-state index contributed by atoms with van der Waals surface area (Å²) < 4.78 is 0. The fourth-order valence-corrected chi connectivity index (χ4v) is 1.67. The molecule has 20 heavy (non-hydrogen) atoms. The zero-order valence-electron chi connectivity index (χ0n) is 13.5. The molecule has 0 aromatic heterocycles. The summed E-state index contributed by atoms with van der Waals surface area (Å²) in [6.45, 7) is 11.2. The Balaban J connectivity index is 0. The fourth-order valence-electron chi connectivity index (χ4n) is 1.67. The summed E-state index contributed by atoms with van der Waals surface area (Å²) in [7, 11) is 0. The van der Waals surface area contributed by atoms with E-state index in [0.717, 1.165) is 25.7 Å². The fraction of sp³-hybridized carbons (Fsp3) is 0.667. The van der Waals surface area contributed by atoms with E-state index in [1.807, 2.05) is 0 Å². The van der Waals surface area contributed by atoms with Crippen LogP contribution in [0.5, 0.6) is 0 Å². The van der Waals surface area contributed by atoms with Crippen LogP contribution < -0.4 is 0 Å². The Labute approximate surface area is 125 Å². The molecule has 0 aliphatic heterocycles. The minimum atomic E-state index is 0.176. The first-order valence-corrected chi connectivity index (χ1v) is 7.87. The van der Waals surface area contributed by atoms with Crippen molar-refractivity contribution in [3.8, 4) is 0 Å². The molecule has 0 saturated heterocycles. The second-order valence-corrected chi connectivity index (χ2v) is 4.98. The summed E-state index contributed by atoms with van der Waals surface area (Å²) in [5.74, 6) is 0.645. The Bertz CT molecular complexity index is 243. The quantitative estimate of drug-likeness (QED) is 0.353. The Morgan fingerprint density at radius 2 is 1.15 bits per heavy atom. The monoisotopic (exact) mass is 280 g/mol. The van der Waals surface area contributed by atoms with Gasteiger partial charge in [-0.05, 0) is 12.8 Å². The van der Waals surface area contributed by atoms with Crippen molar-refractivity contribution in [2.45, 2.75) is 78.1 Å². The lowest BCUT2D eigenvalue weighted by Gasteiger charge is -1.98. The zero-order valence-corrected chi connectivity index (χ0v) is 13.5. The molecule has 0 heterocycles. The predicted molar refractivity (Wildman–Crippen MR) is 87.9 cm³/mol. The maximum absolute atomic E-state index is 11.2. The number of carbonyl (C=O) groups is 2. The largest absolute Gasteiger partial charge is 0.300 e. The minimum absolute atomic E-state index is 0.176. The third-order valence-electron chi connectivity index (χ3n) is 2.86. The highest BCUT2D eigenvalue weighted by Crippen LogP contribution is 2.05. The molecule has 0 aromatic rings. The summed E-state index contributed by atoms with van der Waals surface area (Å²) in [5, 5.41) is 0. The van der Waals surface area contributed by atoms with Gasteiger partial charge in [-0.15, -0.1) is 13.2 Å². The lowest BCUT2D eigenvalue weighted by Crippen LogP contribution is -1.96. The van der Waals surface area contributed by atoms with Crippen LogP contribution in [0.4, 0.5) is 0 Å². The van der Waals surface area contributed by atoms with Crippen LogP contribution in [-0.4, -0.2) is 11.6 Å². The van der Waals surface area contributed by atoms with Crippen molar-refractivity contribution >= 4 is 11.6 Å². The highest BCUT2D eigenvalue weighted by molar-refractivity contribution is 5.81. The molecular weight excluding hydrogens is 248 g/mol. The molecular formula is C18H32O2. The van der Waals surface area contributed by atoms with Gasteiger partial charge in [0.05, 0.1) is 0 Å². The molecule has 116 valence electrons. The molecule has 0 bridgehead atoms. The van der Waals surface area contributed by atoms with Crippen LogP contribution in [0.3, 0.4) is 0 Å². The van der Waals surface area contributed by atoms with E-state index in [4.69, 9.17) is 0 Å². The van der Waals surface area contributed by atoms with Gasteiger partial charge in [0.25, 0.3) is 0 Å². The topological polar surface area (TPSA) is 34.1 Å². The first-order chi connectivity index (χ1) is 9.62. The van der Waals surface area contributed by atoms with Gasteiger partial charge in [-0.25, -0.2) is 0 Å². The number of carbonyl (C=O) groups excluding carboxylic acids is 2. The van der Waals surface area contributed by atoms with Crippen LogP contribution in [0.25, 0.3) is 0 Å². The lowest BCUT2D eigenvalue weighted by atomic mass is 10.1. The number of hydrogen-bond donors (Lipinski definition) is 0. The molecule has 0 aromatic carbocycles. The summed E-state index contributed by atoms with van der Waals surface area (Å²) in [6, 6.07) is 0. The van der Waals surface area contributed by atoms with Gasteiger partial charge >= 0.3 is 0 Å². The van der Waals surface area contributed by atoms with E-state index in [9.17, 15) is 9.59 Å². The van der Waals surface area contributed by atoms with Gasteiger partial charge in [0.2, 0.25) is 0 Å². The van der Waals surface area contributed by atoms with Crippen LogP contribution >= 0.6 is 0 Å². The Hall–Kier alpha value is -1.18. The van der Waals surface area contributed by atoms with Crippen molar-refractivity contribution in [1.29, 1.82) is 0 Å². The van der Waals surface area contributed by atoms with Gasteiger partial charge in [-0.2, -0.15) is 0 Å². The summed E-state index contributed by atoms with van der Waals surface area (Å²) in [5.41, 5.74) is 0. The van der Waals surface area contributed by atoms with Crippen LogP contribution in [-0.2, 0) is 9.59 Å². The van der Waals surface area contributed by atoms with Crippen molar-refractivity contribution < 1.29 is 9.59 Å². The van der Waals surface area contributed by atoms with Gasteiger partial charge in [0.1, 0.15) is 11.6 Å². The van der Waals surface area contributed by atoms with E-state index in [1.54, 1.807) is 12.2 Å². The van der Waals surface area contributed by atoms with E-state index in [-0.39, 0.29) is 5.78 Å². The standard InChI is InChI=1S/C11H22O.C7H10O/c1-3-5-7-9-11(12)10-8-6-4-2;1-3-5-7(8)6-4-2/h3-10H2,1-2H3;3-4H,1-2,5-6H2. The third kappa shape index (κ3) is 19.2. The normalized spacial score (nSPS) is 9.30. The molecule has 0 atom stereocenters. The molecule has 0 radical (unpaired) electrons. The molecule has 0 spiro atoms. The van der Waals surface area contributed by atoms with Crippen molar-refractivity contribution in [3.63, 3.8) is 0 Å². The van der Waals surface area contributed by atoms with Gasteiger partial charge in [-0.1, -0.05) is 51.7 Å². The van der Waals surface area contributed by atoms with E-state index in [1.165, 1.54) is 25.7 Å². The molecule has 2 heteroatoms. The van der Waals surface area contributed by atoms with E-state index >= 15 is 0 Å². The number of rotatable bonds is 12. The Morgan fingerprint density at radius 3 is 1.45 bits per heavy atom. The van der Waals surface area contributed by atoms with Crippen LogP contribution in [0.15, 0.2) is 25.3 Å². The summed E-state index contributed by atoms with van der Waals surface area (Å²) >= 11 is 0. The minimum Gasteiger partial charge on any atom is -0.300 e. The molecule has 0 rings (SSSR count). The van der Waals surface area contributed by atoms with Crippen molar-refractivity contribution in [3.05, 3.63) is 25.3 Å². The highest BCUT2D eigenvalue weighted by atomic mass is 16.1. The maximum atomic E-state index is 11.2. The number of hydrogen-bond acceptors (Lipinski definition) is 2. The highest BCUT2D eigenvalue weighted by Gasteiger charge is 1.99. The van der Waals surface area contributed by atoms with Crippen LogP contribution in [0, 0.1) is 0 Å². The van der Waals surface area contributed by atoms with Crippen molar-refractivity contribution in [2.24, 2.45) is 0 Å². The zero-order chi connectivity index (χ0) is 15.6. The van der Waals surface area contributed by atoms with E-state index in [2.05, 4.69) is 27.0 Å². The molecule has 0 aliphatic carbocycles. The van der Waals surface area contributed by atoms with Gasteiger partial charge < -0.3 is 0 Å². The molecule has 0 fully saturated rings. The van der Waals surface area contributed by atoms with E-state index in [0.29, 0.717) is 18.6 Å². The number of ketones is 2. The number of unbranched alkanes of at least 4 members (excludes halogenated alkanes) is 4. The first-order valence-electron chi connectivity index (χ1n) is 7.87. The first kappa shape index (κ1) is 21.1. The Kier molecular flexibility index (Phi) is 18.8.